The molecule has 103 heavy (non-hydrogen) atoms. The lowest BCUT2D eigenvalue weighted by molar-refractivity contribution is -0.123. The highest BCUT2D eigenvalue weighted by molar-refractivity contribution is 7.99. The van der Waals surface area contributed by atoms with Gasteiger partial charge in [-0.05, 0) is 212 Å². The van der Waals surface area contributed by atoms with Gasteiger partial charge in [0.25, 0.3) is 0 Å². The summed E-state index contributed by atoms with van der Waals surface area (Å²) in [7, 11) is 3.10. The van der Waals surface area contributed by atoms with E-state index < -0.39 is 0 Å². The summed E-state index contributed by atoms with van der Waals surface area (Å²) in [6.45, 7) is 19.9. The van der Waals surface area contributed by atoms with Gasteiger partial charge in [0.1, 0.15) is 34.6 Å². The molecule has 10 aromatic rings. The predicted octanol–water partition coefficient (Wildman–Crippen LogP) is 22.0. The van der Waals surface area contributed by atoms with Gasteiger partial charge in [-0.1, -0.05) is 141 Å². The predicted molar refractivity (Wildman–Crippen MR) is 417 cm³/mol. The fourth-order valence-electron chi connectivity index (χ4n) is 8.80. The van der Waals surface area contributed by atoms with Gasteiger partial charge in [-0.3, -0.25) is 43.2 Å². The third kappa shape index (κ3) is 37.4. The van der Waals surface area contributed by atoms with Crippen LogP contribution in [-0.2, 0) is 25.6 Å². The third-order valence-corrected chi connectivity index (χ3v) is 17.3. The van der Waals surface area contributed by atoms with Crippen LogP contribution in [0.1, 0.15) is 189 Å². The zero-order chi connectivity index (χ0) is 76.2. The minimum Gasteiger partial charge on any atom is -0.493 e. The van der Waals surface area contributed by atoms with Crippen molar-refractivity contribution in [1.29, 1.82) is 0 Å². The molecule has 0 saturated heterocycles. The lowest BCUT2D eigenvalue weighted by atomic mass is 9.83. The number of carbonyl (C=O) groups excluding carboxylic acids is 10. The molecular formula is C86H96O14S3. The topological polar surface area (TPSA) is 212 Å². The summed E-state index contributed by atoms with van der Waals surface area (Å²) in [6, 6.07) is 62.8. The molecule has 12 rings (SSSR count). The molecule has 3 aromatic heterocycles. The van der Waals surface area contributed by atoms with Gasteiger partial charge < -0.3 is 23.4 Å². The van der Waals surface area contributed by atoms with E-state index in [0.29, 0.717) is 69.9 Å². The molecule has 3 heterocycles. The first kappa shape index (κ1) is 87.1. The summed E-state index contributed by atoms with van der Waals surface area (Å²) in [5.41, 5.74) is 3.96. The van der Waals surface area contributed by atoms with Crippen LogP contribution < -0.4 is 14.2 Å². The van der Waals surface area contributed by atoms with Gasteiger partial charge in [0.15, 0.2) is 52.0 Å². The number of benzene rings is 7. The van der Waals surface area contributed by atoms with E-state index in [2.05, 4.69) is 36.4 Å². The minimum absolute atomic E-state index is 0.0148. The highest BCUT2D eigenvalue weighted by atomic mass is 32.2. The molecule has 0 spiro atoms. The number of ether oxygens (including phenoxy) is 3. The Kier molecular flexibility index (Phi) is 41.2. The summed E-state index contributed by atoms with van der Waals surface area (Å²) in [6.07, 6.45) is 8.60. The molecule has 0 aliphatic heterocycles. The molecule has 0 radical (unpaired) electrons. The highest BCUT2D eigenvalue weighted by Gasteiger charge is 2.25. The second-order valence-corrected chi connectivity index (χ2v) is 27.1. The second-order valence-electron chi connectivity index (χ2n) is 24.2. The van der Waals surface area contributed by atoms with E-state index in [1.165, 1.54) is 53.5 Å². The third-order valence-electron chi connectivity index (χ3n) is 14.7. The number of furan rings is 1. The first-order valence-corrected chi connectivity index (χ1v) is 36.2. The molecule has 17 heteroatoms. The molecule has 0 atom stereocenters. The van der Waals surface area contributed by atoms with Crippen molar-refractivity contribution in [2.24, 2.45) is 17.8 Å². The SMILES string of the molecule is CC(=O)C1CC1.CC(=O)C1CCC1.CC(=O)CC(C)C.CC(=O)Cc1ccc2ccccc2c1.CC(=O)c1cccc(Oc2ccccc2)c1.CC(=O)c1cccc(Sc2ccccc2)c1.CC(=O)c1ccco1.CC(=O)c1cccs1.CC(=O)c1ccsc1.COc1ccc(C(C)=O)cc1OC. The molecule has 0 N–H and O–H groups in total. The maximum Gasteiger partial charge on any atom is 0.194 e. The number of carbonyl (C=O) groups is 10. The quantitative estimate of drug-likeness (QED) is 0.0731. The van der Waals surface area contributed by atoms with Crippen molar-refractivity contribution in [3.8, 4) is 23.0 Å². The Hall–Kier alpha value is -10.1. The maximum absolute atomic E-state index is 11.2. The van der Waals surface area contributed by atoms with Crippen LogP contribution in [0.3, 0.4) is 0 Å². The normalized spacial score (nSPS) is 11.1. The van der Waals surface area contributed by atoms with Crippen LogP contribution in [0.2, 0.25) is 0 Å². The standard InChI is InChI=1S/C14H12O2.C14H12OS.C13H12O.C10H12O3.C6H6O2.2C6H6OS.C6H10O.C6H12O.C5H8O/c2*1-11(15)12-6-5-9-14(10-12)16-13-7-3-2-4-8-13;1-10(14)8-11-6-7-12-4-2-3-5-13(12)9-11;1-7(11)8-4-5-9(12-2)10(6-8)13-3;1-5(7)6-3-2-4-8-6;1-5(7)6-2-3-8-4-6;1-5(7)6-3-2-4-8-6;1-5(7)6-3-2-4-6;1-5(2)4-6(3)7;1-4(6)5-2-3-5/h2*2-10H,1H3;2-7,9H,8H2,1H3;4-6H,1-3H3;3*2-4H,1H3;6H,2-4H2,1H3;5H,4H2,1-3H3;5H,2-3H2,1H3. The zero-order valence-corrected chi connectivity index (χ0v) is 63.9. The van der Waals surface area contributed by atoms with Crippen LogP contribution in [-0.4, -0.2) is 72.1 Å². The molecule has 0 unspecified atom stereocenters. The molecule has 542 valence electrons. The van der Waals surface area contributed by atoms with Crippen molar-refractivity contribution < 1.29 is 66.6 Å². The van der Waals surface area contributed by atoms with Crippen LogP contribution in [0, 0.1) is 17.8 Å². The number of ketones is 10. The molecular weight excluding hydrogens is 1350 g/mol. The van der Waals surface area contributed by atoms with Gasteiger partial charge in [0.05, 0.1) is 25.4 Å². The lowest BCUT2D eigenvalue weighted by Gasteiger charge is -2.21. The van der Waals surface area contributed by atoms with Gasteiger partial charge in [-0.15, -0.1) is 11.3 Å². The summed E-state index contributed by atoms with van der Waals surface area (Å²) < 4.78 is 20.4. The van der Waals surface area contributed by atoms with Gasteiger partial charge in [0.2, 0.25) is 0 Å². The van der Waals surface area contributed by atoms with E-state index in [1.807, 2.05) is 151 Å². The highest BCUT2D eigenvalue weighted by Crippen LogP contribution is 2.31. The van der Waals surface area contributed by atoms with Crippen molar-refractivity contribution in [3.63, 3.8) is 0 Å². The fourth-order valence-corrected chi connectivity index (χ4v) is 11.0. The number of rotatable bonds is 18. The molecule has 2 aliphatic rings. The summed E-state index contributed by atoms with van der Waals surface area (Å²) >= 11 is 4.70. The van der Waals surface area contributed by atoms with E-state index in [-0.39, 0.29) is 46.3 Å². The molecule has 0 bridgehead atoms. The second kappa shape index (κ2) is 48.7. The van der Waals surface area contributed by atoms with Gasteiger partial charge in [-0.2, -0.15) is 11.3 Å². The Morgan fingerprint density at radius 3 is 1.40 bits per heavy atom. The van der Waals surface area contributed by atoms with E-state index in [4.69, 9.17) is 18.6 Å². The van der Waals surface area contributed by atoms with Crippen molar-refractivity contribution >= 4 is 103 Å². The number of methoxy groups -OCH3 is 2. The number of thiophene rings is 2. The Morgan fingerprint density at radius 2 is 0.990 bits per heavy atom. The van der Waals surface area contributed by atoms with Crippen molar-refractivity contribution in [3.05, 3.63) is 261 Å². The van der Waals surface area contributed by atoms with Crippen LogP contribution in [0.4, 0.5) is 0 Å². The molecule has 2 saturated carbocycles. The lowest BCUT2D eigenvalue weighted by Crippen LogP contribution is -2.18. The van der Waals surface area contributed by atoms with E-state index in [0.717, 1.165) is 64.3 Å². The molecule has 7 aromatic carbocycles. The van der Waals surface area contributed by atoms with Crippen molar-refractivity contribution in [2.75, 3.05) is 14.2 Å². The van der Waals surface area contributed by atoms with E-state index >= 15 is 0 Å². The largest absolute Gasteiger partial charge is 0.493 e. The zero-order valence-electron chi connectivity index (χ0n) is 61.5. The minimum atomic E-state index is -0.0324. The van der Waals surface area contributed by atoms with Gasteiger partial charge in [-0.25, -0.2) is 0 Å². The van der Waals surface area contributed by atoms with Gasteiger partial charge in [0, 0.05) is 69.0 Å². The molecule has 14 nitrogen and oxygen atoms in total. The Morgan fingerprint density at radius 1 is 0.447 bits per heavy atom. The summed E-state index contributed by atoms with van der Waals surface area (Å²) in [4.78, 5) is 110. The first-order valence-electron chi connectivity index (χ1n) is 33.6. The Labute approximate surface area is 619 Å². The van der Waals surface area contributed by atoms with Crippen LogP contribution in [0.15, 0.2) is 237 Å². The van der Waals surface area contributed by atoms with Crippen LogP contribution in [0.25, 0.3) is 10.8 Å². The molecule has 0 amide bonds. The molecule has 2 fully saturated rings. The van der Waals surface area contributed by atoms with Crippen LogP contribution >= 0.6 is 34.4 Å². The summed E-state index contributed by atoms with van der Waals surface area (Å²) in [5, 5.41) is 8.07. The fraction of sp³-hybridized carbons (Fsp3) is 0.279. The van der Waals surface area contributed by atoms with Gasteiger partial charge >= 0.3 is 0 Å². The van der Waals surface area contributed by atoms with Crippen molar-refractivity contribution in [1.82, 2.24) is 0 Å². The number of para-hydroxylation sites is 1. The monoisotopic (exact) mass is 1450 g/mol. The summed E-state index contributed by atoms with van der Waals surface area (Å²) in [5.74, 6) is 6.19. The maximum atomic E-state index is 11.2. The smallest absolute Gasteiger partial charge is 0.194 e. The Balaban J connectivity index is 0.000000303. The number of hydrogen-bond acceptors (Lipinski definition) is 17. The first-order chi connectivity index (χ1) is 49.1. The molecule has 2 aliphatic carbocycles. The van der Waals surface area contributed by atoms with E-state index in [9.17, 15) is 47.9 Å². The Bertz CT molecular complexity index is 4020. The number of hydrogen-bond donors (Lipinski definition) is 0. The average molecular weight is 1450 g/mol. The average Bonchev–Trinajstić information content (AvgIpc) is 1.66. The van der Waals surface area contributed by atoms with Crippen molar-refractivity contribution in [2.45, 2.75) is 138 Å². The number of Topliss-reactive ketones (excluding diaryl/α,β-unsaturated/α-hetero) is 10. The van der Waals surface area contributed by atoms with E-state index in [1.54, 1.807) is 135 Å². The number of fused-ring (bicyclic) bond motifs is 1. The van der Waals surface area contributed by atoms with Crippen LogP contribution in [0.5, 0.6) is 23.0 Å².